The molecule has 1 heterocycles. The maximum absolute atomic E-state index is 12.1. The highest BCUT2D eigenvalue weighted by Crippen LogP contribution is 2.22. The van der Waals surface area contributed by atoms with E-state index in [4.69, 9.17) is 11.6 Å². The molecule has 1 aromatic carbocycles. The van der Waals surface area contributed by atoms with Crippen LogP contribution in [0.3, 0.4) is 0 Å². The van der Waals surface area contributed by atoms with E-state index < -0.39 is 0 Å². The maximum Gasteiger partial charge on any atom is 0.241 e. The molecule has 1 fully saturated rings. The molecule has 1 aliphatic rings. The van der Waals surface area contributed by atoms with Crippen LogP contribution in [0.4, 0.5) is 5.69 Å². The smallest absolute Gasteiger partial charge is 0.241 e. The first kappa shape index (κ1) is 14.2. The highest BCUT2D eigenvalue weighted by molar-refractivity contribution is 6.33. The van der Waals surface area contributed by atoms with E-state index in [1.807, 2.05) is 30.0 Å². The molecule has 0 spiro atoms. The summed E-state index contributed by atoms with van der Waals surface area (Å²) in [5.41, 5.74) is 1.95. The monoisotopic (exact) mass is 281 g/mol. The van der Waals surface area contributed by atoms with Crippen molar-refractivity contribution in [2.75, 3.05) is 45.1 Å². The summed E-state index contributed by atoms with van der Waals surface area (Å²) in [4.78, 5) is 16.2. The Morgan fingerprint density at radius 1 is 1.32 bits per heavy atom. The highest BCUT2D eigenvalue weighted by atomic mass is 35.5. The van der Waals surface area contributed by atoms with Gasteiger partial charge in [-0.15, -0.1) is 0 Å². The summed E-state index contributed by atoms with van der Waals surface area (Å²) in [6.07, 6.45) is 0. The maximum atomic E-state index is 12.1. The number of hydrogen-bond acceptors (Lipinski definition) is 3. The van der Waals surface area contributed by atoms with Crippen LogP contribution in [-0.4, -0.2) is 55.5 Å². The first-order valence-corrected chi connectivity index (χ1v) is 6.90. The summed E-state index contributed by atoms with van der Waals surface area (Å²) < 4.78 is 0. The SMILES string of the molecule is Cc1ccc(Cl)c(NCC(=O)N2CCN(C)CC2)c1. The van der Waals surface area contributed by atoms with E-state index in [9.17, 15) is 4.79 Å². The van der Waals surface area contributed by atoms with E-state index in [0.717, 1.165) is 37.4 Å². The second-order valence-electron chi connectivity index (χ2n) is 5.02. The Labute approximate surface area is 119 Å². The molecule has 0 aromatic heterocycles. The predicted molar refractivity (Wildman–Crippen MR) is 78.8 cm³/mol. The standard InChI is InChI=1S/C14H20ClN3O/c1-11-3-4-12(15)13(9-11)16-10-14(19)18-7-5-17(2)6-8-18/h3-4,9,16H,5-8,10H2,1-2H3. The van der Waals surface area contributed by atoms with Crippen molar-refractivity contribution in [3.8, 4) is 0 Å². The molecule has 5 heteroatoms. The van der Waals surface area contributed by atoms with Crippen LogP contribution >= 0.6 is 11.6 Å². The fourth-order valence-corrected chi connectivity index (χ4v) is 2.30. The number of anilines is 1. The molecule has 0 atom stereocenters. The van der Waals surface area contributed by atoms with Gasteiger partial charge in [0.15, 0.2) is 0 Å². The zero-order valence-corrected chi connectivity index (χ0v) is 12.2. The van der Waals surface area contributed by atoms with Crippen molar-refractivity contribution in [2.45, 2.75) is 6.92 Å². The molecule has 4 nitrogen and oxygen atoms in total. The Bertz CT molecular complexity index is 456. The molecule has 1 aromatic rings. The Morgan fingerprint density at radius 3 is 2.68 bits per heavy atom. The predicted octanol–water partition coefficient (Wildman–Crippen LogP) is 1.83. The van der Waals surface area contributed by atoms with Gasteiger partial charge in [0.25, 0.3) is 0 Å². The van der Waals surface area contributed by atoms with Crippen LogP contribution in [0.15, 0.2) is 18.2 Å². The molecule has 1 amide bonds. The topological polar surface area (TPSA) is 35.6 Å². The Morgan fingerprint density at radius 2 is 2.00 bits per heavy atom. The summed E-state index contributed by atoms with van der Waals surface area (Å²) in [6.45, 7) is 5.79. The number of carbonyl (C=O) groups excluding carboxylic acids is 1. The largest absolute Gasteiger partial charge is 0.375 e. The van der Waals surface area contributed by atoms with Crippen LogP contribution in [0, 0.1) is 6.92 Å². The molecule has 1 aliphatic heterocycles. The molecule has 19 heavy (non-hydrogen) atoms. The lowest BCUT2D eigenvalue weighted by Crippen LogP contribution is -2.48. The summed E-state index contributed by atoms with van der Waals surface area (Å²) in [6, 6.07) is 5.76. The normalized spacial score (nSPS) is 16.5. The number of halogens is 1. The first-order valence-electron chi connectivity index (χ1n) is 6.52. The van der Waals surface area contributed by atoms with Crippen LogP contribution in [0.25, 0.3) is 0 Å². The molecule has 1 saturated heterocycles. The van der Waals surface area contributed by atoms with Gasteiger partial charge in [-0.3, -0.25) is 4.79 Å². The average molecular weight is 282 g/mol. The number of benzene rings is 1. The average Bonchev–Trinajstić information content (AvgIpc) is 2.40. The van der Waals surface area contributed by atoms with Gasteiger partial charge in [0.05, 0.1) is 17.3 Å². The van der Waals surface area contributed by atoms with Gasteiger partial charge in [0.2, 0.25) is 5.91 Å². The van der Waals surface area contributed by atoms with Crippen LogP contribution in [-0.2, 0) is 4.79 Å². The minimum absolute atomic E-state index is 0.130. The first-order chi connectivity index (χ1) is 9.06. The third-order valence-corrected chi connectivity index (χ3v) is 3.74. The zero-order valence-electron chi connectivity index (χ0n) is 11.4. The Hall–Kier alpha value is -1.26. The number of likely N-dealkylation sites (N-methyl/N-ethyl adjacent to an activating group) is 1. The Balaban J connectivity index is 1.88. The molecular weight excluding hydrogens is 262 g/mol. The van der Waals surface area contributed by atoms with Gasteiger partial charge < -0.3 is 15.1 Å². The second-order valence-corrected chi connectivity index (χ2v) is 5.43. The summed E-state index contributed by atoms with van der Waals surface area (Å²) >= 11 is 6.09. The quantitative estimate of drug-likeness (QED) is 0.918. The van der Waals surface area contributed by atoms with Crippen molar-refractivity contribution in [1.82, 2.24) is 9.80 Å². The lowest BCUT2D eigenvalue weighted by molar-refractivity contribution is -0.130. The number of carbonyl (C=O) groups is 1. The van der Waals surface area contributed by atoms with Gasteiger partial charge in [-0.1, -0.05) is 17.7 Å². The lowest BCUT2D eigenvalue weighted by atomic mass is 10.2. The third kappa shape index (κ3) is 3.85. The van der Waals surface area contributed by atoms with Crippen molar-refractivity contribution in [3.05, 3.63) is 28.8 Å². The van der Waals surface area contributed by atoms with Gasteiger partial charge in [-0.25, -0.2) is 0 Å². The number of rotatable bonds is 3. The number of nitrogens with one attached hydrogen (secondary N) is 1. The minimum atomic E-state index is 0.130. The van der Waals surface area contributed by atoms with Gasteiger partial charge in [0.1, 0.15) is 0 Å². The van der Waals surface area contributed by atoms with Crippen molar-refractivity contribution in [1.29, 1.82) is 0 Å². The Kier molecular flexibility index (Phi) is 4.66. The van der Waals surface area contributed by atoms with Crippen molar-refractivity contribution in [3.63, 3.8) is 0 Å². The third-order valence-electron chi connectivity index (χ3n) is 3.41. The number of amides is 1. The van der Waals surface area contributed by atoms with Crippen LogP contribution in [0.5, 0.6) is 0 Å². The summed E-state index contributed by atoms with van der Waals surface area (Å²) in [5, 5.41) is 3.78. The van der Waals surface area contributed by atoms with Gasteiger partial charge in [-0.2, -0.15) is 0 Å². The van der Waals surface area contributed by atoms with Crippen LogP contribution < -0.4 is 5.32 Å². The molecule has 0 radical (unpaired) electrons. The number of hydrogen-bond donors (Lipinski definition) is 1. The van der Waals surface area contributed by atoms with Gasteiger partial charge >= 0.3 is 0 Å². The van der Waals surface area contributed by atoms with E-state index >= 15 is 0 Å². The summed E-state index contributed by atoms with van der Waals surface area (Å²) in [5.74, 6) is 0.130. The fourth-order valence-electron chi connectivity index (χ4n) is 2.11. The second kappa shape index (κ2) is 6.26. The fraction of sp³-hybridized carbons (Fsp3) is 0.500. The number of aryl methyl sites for hydroxylation is 1. The molecule has 0 bridgehead atoms. The molecule has 1 N–H and O–H groups in total. The van der Waals surface area contributed by atoms with Gasteiger partial charge in [-0.05, 0) is 31.7 Å². The van der Waals surface area contributed by atoms with E-state index in [2.05, 4.69) is 17.3 Å². The molecular formula is C14H20ClN3O. The molecule has 104 valence electrons. The molecule has 0 unspecified atom stereocenters. The van der Waals surface area contributed by atoms with Crippen molar-refractivity contribution < 1.29 is 4.79 Å². The van der Waals surface area contributed by atoms with Crippen molar-refractivity contribution in [2.24, 2.45) is 0 Å². The zero-order chi connectivity index (χ0) is 13.8. The van der Waals surface area contributed by atoms with Crippen LogP contribution in [0.2, 0.25) is 5.02 Å². The van der Waals surface area contributed by atoms with E-state index in [1.165, 1.54) is 0 Å². The molecule has 0 saturated carbocycles. The van der Waals surface area contributed by atoms with Crippen molar-refractivity contribution >= 4 is 23.2 Å². The number of piperazine rings is 1. The lowest BCUT2D eigenvalue weighted by Gasteiger charge is -2.32. The summed E-state index contributed by atoms with van der Waals surface area (Å²) in [7, 11) is 2.08. The van der Waals surface area contributed by atoms with E-state index in [-0.39, 0.29) is 5.91 Å². The van der Waals surface area contributed by atoms with Crippen LogP contribution in [0.1, 0.15) is 5.56 Å². The van der Waals surface area contributed by atoms with Gasteiger partial charge in [0, 0.05) is 26.2 Å². The molecule has 2 rings (SSSR count). The molecule has 0 aliphatic carbocycles. The highest BCUT2D eigenvalue weighted by Gasteiger charge is 2.18. The van der Waals surface area contributed by atoms with E-state index in [1.54, 1.807) is 0 Å². The number of nitrogens with zero attached hydrogens (tertiary/aromatic N) is 2. The minimum Gasteiger partial charge on any atom is -0.375 e. The van der Waals surface area contributed by atoms with E-state index in [0.29, 0.717) is 11.6 Å².